The van der Waals surface area contributed by atoms with Crippen LogP contribution in [0.2, 0.25) is 0 Å². The number of hydrogen-bond acceptors (Lipinski definition) is 4. The summed E-state index contributed by atoms with van der Waals surface area (Å²) in [4.78, 5) is 8.33. The number of hydrogen-bond donors (Lipinski definition) is 0. The lowest BCUT2D eigenvalue weighted by molar-refractivity contribution is 0.626. The van der Waals surface area contributed by atoms with Gasteiger partial charge < -0.3 is 4.40 Å². The Bertz CT molecular complexity index is 1040. The number of aromatic nitrogens is 5. The van der Waals surface area contributed by atoms with E-state index in [9.17, 15) is 4.39 Å². The molecule has 0 aliphatic heterocycles. The van der Waals surface area contributed by atoms with Crippen molar-refractivity contribution < 1.29 is 4.39 Å². The molecule has 0 radical (unpaired) electrons. The first kappa shape index (κ1) is 16.4. The molecule has 3 heterocycles. The van der Waals surface area contributed by atoms with Crippen LogP contribution in [-0.2, 0) is 0 Å². The van der Waals surface area contributed by atoms with E-state index in [1.807, 2.05) is 36.6 Å². The van der Waals surface area contributed by atoms with Crippen molar-refractivity contribution in [2.45, 2.75) is 32.6 Å². The quantitative estimate of drug-likeness (QED) is 0.513. The van der Waals surface area contributed by atoms with E-state index in [-0.39, 0.29) is 0 Å². The van der Waals surface area contributed by atoms with Gasteiger partial charge in [-0.05, 0) is 44.9 Å². The maximum Gasteiger partial charge on any atom is 0.231 e. The van der Waals surface area contributed by atoms with Gasteiger partial charge in [-0.1, -0.05) is 11.3 Å². The summed E-state index contributed by atoms with van der Waals surface area (Å²) in [6.45, 7) is 3.69. The lowest BCUT2D eigenvalue weighted by atomic mass is 10.2. The predicted octanol–water partition coefficient (Wildman–Crippen LogP) is 4.15. The number of fused-ring (bicyclic) bond motifs is 1. The third-order valence-corrected chi connectivity index (χ3v) is 4.37. The van der Waals surface area contributed by atoms with Crippen LogP contribution in [0, 0.1) is 6.92 Å². The van der Waals surface area contributed by atoms with Crippen LogP contribution in [0.1, 0.15) is 37.1 Å². The number of allylic oxidation sites excluding steroid dienone is 2. The van der Waals surface area contributed by atoms with Crippen molar-refractivity contribution in [1.29, 1.82) is 0 Å². The van der Waals surface area contributed by atoms with E-state index >= 15 is 0 Å². The van der Waals surface area contributed by atoms with Gasteiger partial charge in [0, 0.05) is 30.1 Å². The van der Waals surface area contributed by atoms with Gasteiger partial charge in [0.2, 0.25) is 5.95 Å². The third kappa shape index (κ3) is 3.20. The molecule has 0 spiro atoms. The molecule has 0 aromatic carbocycles. The second-order valence-corrected chi connectivity index (χ2v) is 6.35. The minimum atomic E-state index is -0.637. The summed E-state index contributed by atoms with van der Waals surface area (Å²) < 4.78 is 17.2. The molecule has 1 aliphatic rings. The van der Waals surface area contributed by atoms with Gasteiger partial charge in [0.25, 0.3) is 0 Å². The predicted molar refractivity (Wildman–Crippen MR) is 99.6 cm³/mol. The molecule has 132 valence electrons. The van der Waals surface area contributed by atoms with E-state index in [4.69, 9.17) is 0 Å². The zero-order valence-corrected chi connectivity index (χ0v) is 14.7. The second kappa shape index (κ2) is 6.67. The molecule has 3 aromatic heterocycles. The minimum absolute atomic E-state index is 0.609. The van der Waals surface area contributed by atoms with Crippen LogP contribution < -0.4 is 0 Å². The van der Waals surface area contributed by atoms with Crippen molar-refractivity contribution in [2.75, 3.05) is 0 Å². The van der Waals surface area contributed by atoms with Crippen molar-refractivity contribution in [3.63, 3.8) is 0 Å². The Morgan fingerprint density at radius 2 is 2.15 bits per heavy atom. The number of imidazole rings is 1. The molecular weight excluding hydrogens is 331 g/mol. The van der Waals surface area contributed by atoms with Gasteiger partial charge in [-0.25, -0.2) is 14.7 Å². The number of nitrogens with zero attached hydrogens (tertiary/aromatic N) is 6. The van der Waals surface area contributed by atoms with Crippen molar-refractivity contribution in [3.05, 3.63) is 54.0 Å². The molecule has 7 heteroatoms. The van der Waals surface area contributed by atoms with Gasteiger partial charge in [-0.2, -0.15) is 4.39 Å². The molecule has 0 N–H and O–H groups in total. The standard InChI is InChI=1S/C19H19FN6/c1-3-4-9-21-17(20)12-26-13(2)19(23-24-26)15-7-8-18-22-16(14-5-6-14)11-25(18)10-15/h3-4,7-12,14H,5-6H2,1-2H3/b4-3-,17-12+,21-9-. The first-order chi connectivity index (χ1) is 12.7. The Balaban J connectivity index is 1.65. The Labute approximate surface area is 150 Å². The lowest BCUT2D eigenvalue weighted by Crippen LogP contribution is -1.93. The Hall–Kier alpha value is -3.09. The fourth-order valence-corrected chi connectivity index (χ4v) is 2.79. The molecule has 0 amide bonds. The van der Waals surface area contributed by atoms with Crippen LogP contribution in [0.3, 0.4) is 0 Å². The molecule has 0 bridgehead atoms. The highest BCUT2D eigenvalue weighted by atomic mass is 19.1. The van der Waals surface area contributed by atoms with Gasteiger partial charge in [0.05, 0.1) is 17.6 Å². The fourth-order valence-electron chi connectivity index (χ4n) is 2.79. The van der Waals surface area contributed by atoms with Crippen LogP contribution in [0.4, 0.5) is 4.39 Å². The topological polar surface area (TPSA) is 60.4 Å². The molecule has 1 saturated carbocycles. The Morgan fingerprint density at radius 1 is 1.31 bits per heavy atom. The highest BCUT2D eigenvalue weighted by molar-refractivity contribution is 5.72. The highest BCUT2D eigenvalue weighted by Gasteiger charge is 2.26. The van der Waals surface area contributed by atoms with Crippen LogP contribution in [-0.4, -0.2) is 30.6 Å². The monoisotopic (exact) mass is 350 g/mol. The van der Waals surface area contributed by atoms with Gasteiger partial charge in [0.1, 0.15) is 11.3 Å². The maximum absolute atomic E-state index is 13.8. The average molecular weight is 350 g/mol. The highest BCUT2D eigenvalue weighted by Crippen LogP contribution is 2.39. The zero-order valence-electron chi connectivity index (χ0n) is 14.7. The van der Waals surface area contributed by atoms with Gasteiger partial charge >= 0.3 is 0 Å². The first-order valence-electron chi connectivity index (χ1n) is 8.59. The molecule has 26 heavy (non-hydrogen) atoms. The van der Waals surface area contributed by atoms with Crippen LogP contribution in [0.5, 0.6) is 0 Å². The van der Waals surface area contributed by atoms with E-state index in [1.165, 1.54) is 29.9 Å². The summed E-state index contributed by atoms with van der Waals surface area (Å²) in [5.74, 6) is -0.0287. The average Bonchev–Trinajstić information content (AvgIpc) is 3.30. The SMILES string of the molecule is C\C=C/C=N\C(F)=C\n1nnc(-c2ccc3nc(C4CC4)cn3c2)c1C. The van der Waals surface area contributed by atoms with Crippen molar-refractivity contribution in [1.82, 2.24) is 24.4 Å². The molecule has 0 saturated heterocycles. The molecule has 0 atom stereocenters. The third-order valence-electron chi connectivity index (χ3n) is 4.37. The van der Waals surface area contributed by atoms with Gasteiger partial charge in [-0.3, -0.25) is 0 Å². The number of pyridine rings is 1. The summed E-state index contributed by atoms with van der Waals surface area (Å²) in [5.41, 5.74) is 4.42. The molecule has 6 nitrogen and oxygen atoms in total. The Kier molecular flexibility index (Phi) is 4.20. The van der Waals surface area contributed by atoms with E-state index in [1.54, 1.807) is 12.2 Å². The summed E-state index contributed by atoms with van der Waals surface area (Å²) in [5, 5.41) is 8.22. The van der Waals surface area contributed by atoms with E-state index in [0.29, 0.717) is 11.6 Å². The Morgan fingerprint density at radius 3 is 2.92 bits per heavy atom. The summed E-state index contributed by atoms with van der Waals surface area (Å²) in [6, 6.07) is 3.93. The van der Waals surface area contributed by atoms with E-state index < -0.39 is 5.95 Å². The molecule has 1 aliphatic carbocycles. The van der Waals surface area contributed by atoms with Gasteiger partial charge in [-0.15, -0.1) is 5.10 Å². The zero-order chi connectivity index (χ0) is 18.1. The molecule has 4 rings (SSSR count). The summed E-state index contributed by atoms with van der Waals surface area (Å²) >= 11 is 0. The number of rotatable bonds is 5. The van der Waals surface area contributed by atoms with Crippen LogP contribution in [0.15, 0.2) is 47.6 Å². The van der Waals surface area contributed by atoms with E-state index in [2.05, 4.69) is 26.5 Å². The molecule has 3 aromatic rings. The van der Waals surface area contributed by atoms with Crippen LogP contribution in [0.25, 0.3) is 23.1 Å². The molecule has 0 unspecified atom stereocenters. The smallest absolute Gasteiger partial charge is 0.231 e. The largest absolute Gasteiger partial charge is 0.306 e. The van der Waals surface area contributed by atoms with Crippen molar-refractivity contribution in [2.24, 2.45) is 4.99 Å². The van der Waals surface area contributed by atoms with E-state index in [0.717, 1.165) is 22.6 Å². The lowest BCUT2D eigenvalue weighted by Gasteiger charge is -2.00. The van der Waals surface area contributed by atoms with Crippen molar-refractivity contribution >= 4 is 18.1 Å². The number of halogens is 1. The van der Waals surface area contributed by atoms with Crippen molar-refractivity contribution in [3.8, 4) is 11.3 Å². The summed E-state index contributed by atoms with van der Waals surface area (Å²) in [6.07, 6.45) is 12.5. The molecule has 1 fully saturated rings. The normalized spacial score (nSPS) is 15.7. The minimum Gasteiger partial charge on any atom is -0.306 e. The fraction of sp³-hybridized carbons (Fsp3) is 0.263. The summed E-state index contributed by atoms with van der Waals surface area (Å²) in [7, 11) is 0. The maximum atomic E-state index is 13.8. The van der Waals surface area contributed by atoms with Crippen LogP contribution >= 0.6 is 0 Å². The second-order valence-electron chi connectivity index (χ2n) is 6.35. The number of aliphatic imine (C=N–C) groups is 1. The van der Waals surface area contributed by atoms with Gasteiger partial charge in [0.15, 0.2) is 0 Å². The molecular formula is C19H19FN6. The first-order valence-corrected chi connectivity index (χ1v) is 8.59.